The molecule has 1 aliphatic carbocycles. The Kier molecular flexibility index (Phi) is 3.54. The fraction of sp³-hybridized carbons (Fsp3) is 0.500. The first kappa shape index (κ1) is 14.2. The molecule has 1 fully saturated rings. The van der Waals surface area contributed by atoms with Gasteiger partial charge in [0.25, 0.3) is 0 Å². The first-order chi connectivity index (χ1) is 10.1. The summed E-state index contributed by atoms with van der Waals surface area (Å²) >= 11 is 0. The van der Waals surface area contributed by atoms with Crippen molar-refractivity contribution in [2.75, 3.05) is 5.73 Å². The van der Waals surface area contributed by atoms with Gasteiger partial charge in [-0.1, -0.05) is 31.9 Å². The van der Waals surface area contributed by atoms with Crippen molar-refractivity contribution in [2.24, 2.45) is 5.92 Å². The highest BCUT2D eigenvalue weighted by molar-refractivity contribution is 6.28. The van der Waals surface area contributed by atoms with Gasteiger partial charge in [0.05, 0.1) is 18.1 Å². The molecule has 21 heavy (non-hydrogen) atoms. The SMILES string of the molecule is C=C1[C@H](CC)[C@@H]([Si-]O)C[C@@H]1n1cnc2c(C)nc(N)nc21. The molecule has 0 saturated heterocycles. The average molecular weight is 301 g/mol. The van der Waals surface area contributed by atoms with Crippen molar-refractivity contribution in [3.05, 3.63) is 24.2 Å². The van der Waals surface area contributed by atoms with E-state index in [2.05, 4.69) is 28.5 Å². The predicted molar refractivity (Wildman–Crippen MR) is 82.8 cm³/mol. The number of nitrogens with two attached hydrogens (primary N) is 1. The molecular weight excluding hydrogens is 282 g/mol. The second-order valence-electron chi connectivity index (χ2n) is 5.57. The summed E-state index contributed by atoms with van der Waals surface area (Å²) in [5, 5.41) is 0. The fourth-order valence-corrected chi connectivity index (χ4v) is 4.31. The highest BCUT2D eigenvalue weighted by Gasteiger charge is 2.33. The van der Waals surface area contributed by atoms with E-state index in [0.717, 1.165) is 35.3 Å². The third kappa shape index (κ3) is 2.16. The van der Waals surface area contributed by atoms with Crippen molar-refractivity contribution in [3.8, 4) is 0 Å². The Morgan fingerprint density at radius 3 is 2.90 bits per heavy atom. The number of imidazole rings is 1. The zero-order chi connectivity index (χ0) is 15.1. The first-order valence-corrected chi connectivity index (χ1v) is 8.14. The molecule has 0 unspecified atom stereocenters. The van der Waals surface area contributed by atoms with E-state index in [4.69, 9.17) is 5.73 Å². The number of allylic oxidation sites excluding steroid dienone is 1. The van der Waals surface area contributed by atoms with Gasteiger partial charge in [-0.3, -0.25) is 9.76 Å². The fourth-order valence-electron chi connectivity index (χ4n) is 3.35. The maximum atomic E-state index is 9.62. The number of fused-ring (bicyclic) bond motifs is 1. The summed E-state index contributed by atoms with van der Waals surface area (Å²) in [5.74, 6) is 0.619. The molecule has 3 atom stereocenters. The molecule has 1 radical (unpaired) electrons. The summed E-state index contributed by atoms with van der Waals surface area (Å²) in [7, 11) is -0.0548. The zero-order valence-corrected chi connectivity index (χ0v) is 13.2. The lowest BCUT2D eigenvalue weighted by Gasteiger charge is -2.25. The van der Waals surface area contributed by atoms with Gasteiger partial charge in [0.15, 0.2) is 5.65 Å². The molecule has 3 rings (SSSR count). The van der Waals surface area contributed by atoms with Gasteiger partial charge in [-0.15, -0.1) is 0 Å². The summed E-state index contributed by atoms with van der Waals surface area (Å²) in [6.07, 6.45) is 3.66. The average Bonchev–Trinajstić information content (AvgIpc) is 2.99. The van der Waals surface area contributed by atoms with Crippen LogP contribution >= 0.6 is 0 Å². The molecule has 1 aliphatic rings. The summed E-state index contributed by atoms with van der Waals surface area (Å²) in [6.45, 7) is 8.29. The van der Waals surface area contributed by atoms with Crippen LogP contribution < -0.4 is 5.73 Å². The molecule has 0 spiro atoms. The molecule has 7 heteroatoms. The predicted octanol–water partition coefficient (Wildman–Crippen LogP) is 1.64. The van der Waals surface area contributed by atoms with E-state index in [0.29, 0.717) is 5.92 Å². The number of nitrogens with zero attached hydrogens (tertiary/aromatic N) is 4. The van der Waals surface area contributed by atoms with Crippen LogP contribution in [0.1, 0.15) is 31.5 Å². The number of nitrogen functional groups attached to an aromatic ring is 1. The standard InChI is InChI=1S/C14H19N5OSi/c1-4-9-7(2)10(5-11(9)21-20)19-6-16-12-8(3)17-14(15)18-13(12)19/h6,9-11,20H,2,4-5H2,1,3H3,(H2,15,17,18)/q-1/t9-,10-,11-/m0/s1. The van der Waals surface area contributed by atoms with Gasteiger partial charge >= 0.3 is 0 Å². The molecule has 1 saturated carbocycles. The minimum atomic E-state index is -0.0548. The number of aromatic nitrogens is 4. The molecule has 2 aromatic heterocycles. The summed E-state index contributed by atoms with van der Waals surface area (Å²) in [5.41, 5.74) is 9.52. The maximum Gasteiger partial charge on any atom is 0.222 e. The molecule has 0 aromatic carbocycles. The molecule has 0 amide bonds. The van der Waals surface area contributed by atoms with Gasteiger partial charge in [-0.05, 0) is 12.8 Å². The third-order valence-corrected chi connectivity index (χ3v) is 5.39. The zero-order valence-electron chi connectivity index (χ0n) is 12.2. The van der Waals surface area contributed by atoms with Crippen LogP contribution in [0.2, 0.25) is 5.54 Å². The monoisotopic (exact) mass is 301 g/mol. The van der Waals surface area contributed by atoms with Crippen molar-refractivity contribution in [2.45, 2.75) is 38.3 Å². The van der Waals surface area contributed by atoms with Crippen molar-refractivity contribution in [1.82, 2.24) is 19.5 Å². The Hall–Kier alpha value is -1.73. The normalized spacial score (nSPS) is 25.9. The topological polar surface area (TPSA) is 89.8 Å². The Morgan fingerprint density at radius 2 is 2.29 bits per heavy atom. The Balaban J connectivity index is 2.07. The molecule has 111 valence electrons. The van der Waals surface area contributed by atoms with Crippen LogP contribution in [-0.4, -0.2) is 34.1 Å². The molecular formula is C14H19N5OSi-. The van der Waals surface area contributed by atoms with Gasteiger partial charge < -0.3 is 15.1 Å². The van der Waals surface area contributed by atoms with Crippen molar-refractivity contribution in [3.63, 3.8) is 0 Å². The second-order valence-corrected chi connectivity index (χ2v) is 6.57. The molecule has 3 N–H and O–H groups in total. The van der Waals surface area contributed by atoms with Crippen LogP contribution in [0.25, 0.3) is 11.2 Å². The summed E-state index contributed by atoms with van der Waals surface area (Å²) in [6, 6.07) is 0.123. The smallest absolute Gasteiger partial charge is 0.222 e. The van der Waals surface area contributed by atoms with Crippen LogP contribution in [0.5, 0.6) is 0 Å². The minimum Gasteiger partial charge on any atom is -0.634 e. The van der Waals surface area contributed by atoms with Crippen LogP contribution in [0.3, 0.4) is 0 Å². The van der Waals surface area contributed by atoms with Crippen molar-refractivity contribution in [1.29, 1.82) is 0 Å². The molecule has 6 nitrogen and oxygen atoms in total. The highest BCUT2D eigenvalue weighted by Crippen LogP contribution is 2.48. The lowest BCUT2D eigenvalue weighted by atomic mass is 10.00. The van der Waals surface area contributed by atoms with E-state index in [-0.39, 0.29) is 27.3 Å². The van der Waals surface area contributed by atoms with Crippen molar-refractivity contribution < 1.29 is 4.80 Å². The van der Waals surface area contributed by atoms with E-state index in [1.807, 2.05) is 11.5 Å². The first-order valence-electron chi connectivity index (χ1n) is 7.11. The van der Waals surface area contributed by atoms with E-state index in [1.54, 1.807) is 6.33 Å². The Labute approximate surface area is 126 Å². The van der Waals surface area contributed by atoms with Crippen molar-refractivity contribution >= 4 is 26.9 Å². The summed E-state index contributed by atoms with van der Waals surface area (Å²) < 4.78 is 2.03. The number of hydrogen-bond acceptors (Lipinski definition) is 5. The van der Waals surface area contributed by atoms with Gasteiger partial charge in [-0.2, -0.15) is 10.5 Å². The molecule has 2 aromatic rings. The number of aryl methyl sites for hydroxylation is 1. The second kappa shape index (κ2) is 5.23. The third-order valence-electron chi connectivity index (χ3n) is 4.42. The Bertz CT molecular complexity index is 698. The highest BCUT2D eigenvalue weighted by atomic mass is 28.2. The van der Waals surface area contributed by atoms with Gasteiger partial charge in [0.2, 0.25) is 5.95 Å². The van der Waals surface area contributed by atoms with E-state index in [9.17, 15) is 4.80 Å². The molecule has 0 aliphatic heterocycles. The lowest BCUT2D eigenvalue weighted by molar-refractivity contribution is 0.517. The van der Waals surface area contributed by atoms with Gasteiger partial charge in [-0.25, -0.2) is 9.97 Å². The summed E-state index contributed by atoms with van der Waals surface area (Å²) in [4.78, 5) is 22.5. The van der Waals surface area contributed by atoms with E-state index < -0.39 is 0 Å². The number of hydrogen-bond donors (Lipinski definition) is 2. The largest absolute Gasteiger partial charge is 0.634 e. The Morgan fingerprint density at radius 1 is 1.52 bits per heavy atom. The van der Waals surface area contributed by atoms with Gasteiger partial charge in [0, 0.05) is 0 Å². The quantitative estimate of drug-likeness (QED) is 0.664. The maximum absolute atomic E-state index is 9.62. The van der Waals surface area contributed by atoms with Gasteiger partial charge in [0.1, 0.15) is 5.52 Å². The molecule has 0 bridgehead atoms. The molecule has 2 heterocycles. The lowest BCUT2D eigenvalue weighted by Crippen LogP contribution is -2.09. The van der Waals surface area contributed by atoms with Crippen LogP contribution in [0.4, 0.5) is 5.95 Å². The number of anilines is 1. The van der Waals surface area contributed by atoms with Crippen LogP contribution in [0, 0.1) is 12.8 Å². The number of rotatable bonds is 3. The van der Waals surface area contributed by atoms with Crippen LogP contribution in [-0.2, 0) is 0 Å². The van der Waals surface area contributed by atoms with E-state index in [1.165, 1.54) is 0 Å². The minimum absolute atomic E-state index is 0.0548. The van der Waals surface area contributed by atoms with Crippen LogP contribution in [0.15, 0.2) is 18.5 Å². The van der Waals surface area contributed by atoms with E-state index >= 15 is 0 Å².